The van der Waals surface area contributed by atoms with Crippen molar-refractivity contribution >= 4 is 40.3 Å². The van der Waals surface area contributed by atoms with E-state index in [4.69, 9.17) is 4.42 Å². The third-order valence-corrected chi connectivity index (χ3v) is 4.79. The minimum atomic E-state index is -0.442. The van der Waals surface area contributed by atoms with Gasteiger partial charge in [-0.2, -0.15) is 0 Å². The smallest absolute Gasteiger partial charge is 0.259 e. The van der Waals surface area contributed by atoms with Crippen LogP contribution in [-0.4, -0.2) is 16.7 Å². The summed E-state index contributed by atoms with van der Waals surface area (Å²) in [5.74, 6) is -0.234. The van der Waals surface area contributed by atoms with Crippen LogP contribution in [-0.2, 0) is 16.0 Å². The van der Waals surface area contributed by atoms with Gasteiger partial charge in [0.05, 0.1) is 22.7 Å². The van der Waals surface area contributed by atoms with Crippen LogP contribution in [0.25, 0.3) is 6.08 Å². The number of para-hydroxylation sites is 1. The first-order valence-corrected chi connectivity index (χ1v) is 8.57. The molecule has 0 aliphatic carbocycles. The molecule has 0 saturated carbocycles. The summed E-state index contributed by atoms with van der Waals surface area (Å²) >= 11 is 1.45. The fraction of sp³-hybridized carbons (Fsp3) is 0.105. The van der Waals surface area contributed by atoms with E-state index in [-0.39, 0.29) is 17.8 Å². The summed E-state index contributed by atoms with van der Waals surface area (Å²) in [4.78, 5) is 28.5. The molecule has 2 aromatic rings. The molecule has 1 amide bonds. The van der Waals surface area contributed by atoms with E-state index in [1.165, 1.54) is 23.4 Å². The van der Waals surface area contributed by atoms with Crippen molar-refractivity contribution in [2.75, 3.05) is 0 Å². The van der Waals surface area contributed by atoms with Crippen LogP contribution in [0.2, 0.25) is 0 Å². The van der Waals surface area contributed by atoms with Crippen LogP contribution in [0, 0.1) is 0 Å². The Hall–Kier alpha value is -2.86. The molecule has 2 aliphatic heterocycles. The van der Waals surface area contributed by atoms with Crippen molar-refractivity contribution in [3.63, 3.8) is 0 Å². The maximum Gasteiger partial charge on any atom is 0.259 e. The Bertz CT molecular complexity index is 947. The molecular formula is C19H14N2O3S. The number of thioether (sulfide) groups is 1. The van der Waals surface area contributed by atoms with Crippen LogP contribution < -0.4 is 5.32 Å². The van der Waals surface area contributed by atoms with E-state index < -0.39 is 5.91 Å². The number of furan rings is 1. The first-order valence-electron chi connectivity index (χ1n) is 7.76. The van der Waals surface area contributed by atoms with Crippen molar-refractivity contribution in [1.29, 1.82) is 0 Å². The zero-order chi connectivity index (χ0) is 17.4. The van der Waals surface area contributed by atoms with E-state index in [2.05, 4.69) is 23.0 Å². The number of piperidine rings is 1. The number of carbonyl (C=O) groups excluding carboxylic acids is 2. The predicted molar refractivity (Wildman–Crippen MR) is 96.7 cm³/mol. The third kappa shape index (κ3) is 3.21. The molecule has 124 valence electrons. The number of rotatable bonds is 2. The molecule has 6 heteroatoms. The Morgan fingerprint density at radius 1 is 1.16 bits per heavy atom. The summed E-state index contributed by atoms with van der Waals surface area (Å²) in [7, 11) is 0. The average molecular weight is 350 g/mol. The first kappa shape index (κ1) is 15.7. The van der Waals surface area contributed by atoms with E-state index in [1.807, 2.05) is 24.3 Å². The Morgan fingerprint density at radius 2 is 2.00 bits per heavy atom. The second kappa shape index (κ2) is 6.22. The number of hydrogen-bond acceptors (Lipinski definition) is 5. The molecule has 1 saturated heterocycles. The fourth-order valence-corrected chi connectivity index (χ4v) is 3.60. The van der Waals surface area contributed by atoms with E-state index >= 15 is 0 Å². The molecule has 5 nitrogen and oxygen atoms in total. The highest BCUT2D eigenvalue weighted by molar-refractivity contribution is 8.13. The van der Waals surface area contributed by atoms with Gasteiger partial charge in [0.1, 0.15) is 5.76 Å². The molecule has 1 fully saturated rings. The monoisotopic (exact) mass is 350 g/mol. The lowest BCUT2D eigenvalue weighted by molar-refractivity contribution is -0.123. The maximum absolute atomic E-state index is 12.0. The molecule has 0 bridgehead atoms. The Kier molecular flexibility index (Phi) is 3.89. The molecule has 1 aromatic heterocycles. The predicted octanol–water partition coefficient (Wildman–Crippen LogP) is 3.64. The van der Waals surface area contributed by atoms with E-state index in [0.29, 0.717) is 16.5 Å². The molecule has 3 heterocycles. The van der Waals surface area contributed by atoms with Crippen molar-refractivity contribution < 1.29 is 14.0 Å². The van der Waals surface area contributed by atoms with E-state index in [1.54, 1.807) is 6.07 Å². The number of fused-ring (bicyclic) bond motifs is 1. The molecule has 4 rings (SSSR count). The lowest BCUT2D eigenvalue weighted by Gasteiger charge is -2.15. The molecular weight excluding hydrogens is 336 g/mol. The lowest BCUT2D eigenvalue weighted by Crippen LogP contribution is -2.34. The highest BCUT2D eigenvalue weighted by Gasteiger charge is 2.25. The second-order valence-corrected chi connectivity index (χ2v) is 6.86. The van der Waals surface area contributed by atoms with Crippen molar-refractivity contribution in [2.45, 2.75) is 17.9 Å². The second-order valence-electron chi connectivity index (χ2n) is 5.79. The Morgan fingerprint density at radius 3 is 2.80 bits per heavy atom. The Balaban J connectivity index is 1.50. The number of hydrogen-bond donors (Lipinski definition) is 1. The van der Waals surface area contributed by atoms with Crippen molar-refractivity contribution in [3.05, 3.63) is 65.6 Å². The van der Waals surface area contributed by atoms with Crippen LogP contribution in [0.4, 0.5) is 5.69 Å². The van der Waals surface area contributed by atoms with Gasteiger partial charge in [-0.1, -0.05) is 24.8 Å². The number of benzene rings is 1. The molecule has 2 aliphatic rings. The molecule has 1 N–H and O–H groups in total. The van der Waals surface area contributed by atoms with Gasteiger partial charge in [-0.3, -0.25) is 9.59 Å². The van der Waals surface area contributed by atoms with Gasteiger partial charge in [-0.05, 0) is 41.6 Å². The minimum Gasteiger partial charge on any atom is -0.450 e. The number of Topliss-reactive ketones (excluding diaryl/α,β-unsaturated/α-hetero) is 1. The summed E-state index contributed by atoms with van der Waals surface area (Å²) < 4.78 is 5.72. The summed E-state index contributed by atoms with van der Waals surface area (Å²) in [6, 6.07) is 11.6. The number of nitrogens with one attached hydrogen (secondary N) is 1. The number of amides is 1. The van der Waals surface area contributed by atoms with Crippen LogP contribution in [0.15, 0.2) is 68.7 Å². The van der Waals surface area contributed by atoms with E-state index in [9.17, 15) is 9.59 Å². The molecule has 0 spiro atoms. The number of allylic oxidation sites excluding steroid dienone is 1. The zero-order valence-corrected chi connectivity index (χ0v) is 14.1. The highest BCUT2D eigenvalue weighted by atomic mass is 32.2. The normalized spacial score (nSPS) is 18.3. The molecule has 25 heavy (non-hydrogen) atoms. The van der Waals surface area contributed by atoms with Gasteiger partial charge in [0.25, 0.3) is 5.91 Å². The molecule has 1 aromatic carbocycles. The van der Waals surface area contributed by atoms with Gasteiger partial charge in [0.2, 0.25) is 0 Å². The lowest BCUT2D eigenvalue weighted by atomic mass is 10.0. The number of ketones is 1. The van der Waals surface area contributed by atoms with E-state index in [0.717, 1.165) is 17.2 Å². The zero-order valence-electron chi connectivity index (χ0n) is 13.2. The van der Waals surface area contributed by atoms with Gasteiger partial charge in [-0.15, -0.1) is 0 Å². The van der Waals surface area contributed by atoms with Gasteiger partial charge >= 0.3 is 0 Å². The first-order chi connectivity index (χ1) is 12.1. The average Bonchev–Trinajstić information content (AvgIpc) is 3.17. The minimum absolute atomic E-state index is 0.0870. The van der Waals surface area contributed by atoms with Gasteiger partial charge in [0, 0.05) is 12.1 Å². The van der Waals surface area contributed by atoms with Crippen LogP contribution in [0.3, 0.4) is 0 Å². The maximum atomic E-state index is 12.0. The summed E-state index contributed by atoms with van der Waals surface area (Å²) in [6.45, 7) is 3.62. The van der Waals surface area contributed by atoms with Gasteiger partial charge < -0.3 is 9.73 Å². The van der Waals surface area contributed by atoms with Crippen LogP contribution >= 0.6 is 11.8 Å². The summed E-state index contributed by atoms with van der Waals surface area (Å²) in [5, 5.41) is 4.20. The van der Waals surface area contributed by atoms with Crippen molar-refractivity contribution in [2.24, 2.45) is 4.99 Å². The van der Waals surface area contributed by atoms with Crippen molar-refractivity contribution in [1.82, 2.24) is 5.32 Å². The van der Waals surface area contributed by atoms with Crippen LogP contribution in [0.1, 0.15) is 17.7 Å². The quantitative estimate of drug-likeness (QED) is 0.663. The number of nitrogens with zero attached hydrogens (tertiary/aromatic N) is 1. The SMILES string of the molecule is C=C1CC(=O)/C(=C\c2ccc(SC3=Nc4ccccc4C3)o2)C(=O)N1. The number of aliphatic imine (C=N–C) groups is 1. The van der Waals surface area contributed by atoms with Gasteiger partial charge in [0.15, 0.2) is 10.9 Å². The largest absolute Gasteiger partial charge is 0.450 e. The third-order valence-electron chi connectivity index (χ3n) is 3.89. The summed E-state index contributed by atoms with van der Waals surface area (Å²) in [6.07, 6.45) is 2.37. The Labute approximate surface area is 148 Å². The topological polar surface area (TPSA) is 71.7 Å². The number of carbonyl (C=O) groups is 2. The molecule has 0 radical (unpaired) electrons. The molecule has 0 atom stereocenters. The fourth-order valence-electron chi connectivity index (χ4n) is 2.72. The van der Waals surface area contributed by atoms with Crippen molar-refractivity contribution in [3.8, 4) is 0 Å². The summed E-state index contributed by atoms with van der Waals surface area (Å²) in [5.41, 5.74) is 2.69. The molecule has 0 unspecified atom stereocenters. The van der Waals surface area contributed by atoms with Crippen LogP contribution in [0.5, 0.6) is 0 Å². The highest BCUT2D eigenvalue weighted by Crippen LogP contribution is 2.34. The standard InChI is InChI=1S/C19H14N2O3S/c1-11-8-16(22)14(19(23)20-11)10-13-6-7-18(24-13)25-17-9-12-4-2-3-5-15(12)21-17/h2-7,10H,1,8-9H2,(H,20,23)/b14-10+. The van der Waals surface area contributed by atoms with Gasteiger partial charge in [-0.25, -0.2) is 4.99 Å².